The summed E-state index contributed by atoms with van der Waals surface area (Å²) in [6.45, 7) is 2.31. The van der Waals surface area contributed by atoms with Gasteiger partial charge in [0.1, 0.15) is 0 Å². The molecule has 0 unspecified atom stereocenters. The second-order valence-corrected chi connectivity index (χ2v) is 5.98. The molecule has 0 atom stereocenters. The minimum absolute atomic E-state index is 0.722. The fraction of sp³-hybridized carbons (Fsp3) is 0.625. The highest BCUT2D eigenvalue weighted by Crippen LogP contribution is 2.29. The van der Waals surface area contributed by atoms with Crippen molar-refractivity contribution < 1.29 is 0 Å². The van der Waals surface area contributed by atoms with Gasteiger partial charge in [0, 0.05) is 5.92 Å². The topological polar surface area (TPSA) is 24.9 Å². The van der Waals surface area contributed by atoms with Crippen LogP contribution in [0.1, 0.15) is 23.8 Å². The van der Waals surface area contributed by atoms with Crippen LogP contribution in [0, 0.1) is 2.88 Å². The first-order valence-electron chi connectivity index (χ1n) is 4.18. The first kappa shape index (κ1) is 8.90. The summed E-state index contributed by atoms with van der Waals surface area (Å²) in [5.41, 5.74) is 0. The van der Waals surface area contributed by atoms with E-state index in [1.165, 1.54) is 20.7 Å². The Labute approximate surface area is 89.9 Å². The van der Waals surface area contributed by atoms with E-state index >= 15 is 0 Å². The molecule has 0 aromatic carbocycles. The number of aromatic nitrogens is 1. The van der Waals surface area contributed by atoms with Gasteiger partial charge in [-0.15, -0.1) is 11.3 Å². The van der Waals surface area contributed by atoms with Crippen LogP contribution in [0.15, 0.2) is 6.20 Å². The van der Waals surface area contributed by atoms with Gasteiger partial charge in [-0.3, -0.25) is 0 Å². The summed E-state index contributed by atoms with van der Waals surface area (Å²) in [6.07, 6.45) is 4.48. The molecule has 2 heterocycles. The molecule has 2 nitrogen and oxygen atoms in total. The van der Waals surface area contributed by atoms with Crippen molar-refractivity contribution in [3.63, 3.8) is 0 Å². The third-order valence-corrected chi connectivity index (χ3v) is 4.07. The van der Waals surface area contributed by atoms with Gasteiger partial charge < -0.3 is 5.32 Å². The summed E-state index contributed by atoms with van der Waals surface area (Å²) in [4.78, 5) is 4.42. The average molecular weight is 294 g/mol. The first-order chi connectivity index (χ1) is 5.86. The van der Waals surface area contributed by atoms with Crippen molar-refractivity contribution in [3.8, 4) is 0 Å². The highest BCUT2D eigenvalue weighted by Gasteiger charge is 2.17. The van der Waals surface area contributed by atoms with Crippen molar-refractivity contribution in [1.29, 1.82) is 0 Å². The zero-order chi connectivity index (χ0) is 8.39. The Kier molecular flexibility index (Phi) is 2.98. The van der Waals surface area contributed by atoms with Gasteiger partial charge in [0.25, 0.3) is 0 Å². The molecule has 0 saturated carbocycles. The van der Waals surface area contributed by atoms with E-state index in [9.17, 15) is 0 Å². The number of piperidine rings is 1. The van der Waals surface area contributed by atoms with Gasteiger partial charge in [0.15, 0.2) is 0 Å². The highest BCUT2D eigenvalue weighted by atomic mass is 127. The lowest BCUT2D eigenvalue weighted by molar-refractivity contribution is 0.459. The van der Waals surface area contributed by atoms with Gasteiger partial charge in [0.05, 0.1) is 14.1 Å². The van der Waals surface area contributed by atoms with Crippen molar-refractivity contribution >= 4 is 33.9 Å². The standard InChI is InChI=1S/C8H11IN2S/c9-7-5-11-8(12-7)6-1-3-10-4-2-6/h5-6,10H,1-4H2. The van der Waals surface area contributed by atoms with Gasteiger partial charge >= 0.3 is 0 Å². The number of nitrogens with one attached hydrogen (secondary N) is 1. The van der Waals surface area contributed by atoms with Crippen LogP contribution in [-0.4, -0.2) is 18.1 Å². The Morgan fingerprint density at radius 3 is 2.83 bits per heavy atom. The Bertz CT molecular complexity index is 255. The molecule has 1 aliphatic rings. The van der Waals surface area contributed by atoms with E-state index in [1.54, 1.807) is 0 Å². The molecule has 4 heteroatoms. The van der Waals surface area contributed by atoms with E-state index in [2.05, 4.69) is 32.9 Å². The van der Waals surface area contributed by atoms with Gasteiger partial charge in [-0.25, -0.2) is 4.98 Å². The summed E-state index contributed by atoms with van der Waals surface area (Å²) < 4.78 is 1.31. The third kappa shape index (κ3) is 1.97. The molecule has 66 valence electrons. The van der Waals surface area contributed by atoms with Gasteiger partial charge in [-0.05, 0) is 48.5 Å². The lowest BCUT2D eigenvalue weighted by Crippen LogP contribution is -2.26. The second-order valence-electron chi connectivity index (χ2n) is 3.03. The molecule has 1 fully saturated rings. The lowest BCUT2D eigenvalue weighted by Gasteiger charge is -2.20. The Morgan fingerprint density at radius 1 is 1.50 bits per heavy atom. The average Bonchev–Trinajstić information content (AvgIpc) is 2.54. The molecule has 2 rings (SSSR count). The fourth-order valence-corrected chi connectivity index (χ4v) is 3.15. The predicted octanol–water partition coefficient (Wildman–Crippen LogP) is 2.21. The SMILES string of the molecule is Ic1cnc(C2CCNCC2)s1. The van der Waals surface area contributed by atoms with Crippen LogP contribution in [0.5, 0.6) is 0 Å². The van der Waals surface area contributed by atoms with Crippen molar-refractivity contribution in [2.24, 2.45) is 0 Å². The largest absolute Gasteiger partial charge is 0.317 e. The second kappa shape index (κ2) is 4.02. The number of halogens is 1. The van der Waals surface area contributed by atoms with Crippen molar-refractivity contribution in [3.05, 3.63) is 14.1 Å². The minimum atomic E-state index is 0.722. The van der Waals surface area contributed by atoms with Crippen LogP contribution in [-0.2, 0) is 0 Å². The van der Waals surface area contributed by atoms with Crippen LogP contribution in [0.2, 0.25) is 0 Å². The van der Waals surface area contributed by atoms with E-state index in [0.29, 0.717) is 0 Å². The van der Waals surface area contributed by atoms with Gasteiger partial charge in [0.2, 0.25) is 0 Å². The molecular weight excluding hydrogens is 283 g/mol. The molecule has 0 bridgehead atoms. The zero-order valence-electron chi connectivity index (χ0n) is 6.72. The van der Waals surface area contributed by atoms with Crippen LogP contribution in [0.3, 0.4) is 0 Å². The smallest absolute Gasteiger partial charge is 0.0967 e. The lowest BCUT2D eigenvalue weighted by atomic mass is 9.99. The summed E-state index contributed by atoms with van der Waals surface area (Å²) in [7, 11) is 0. The maximum Gasteiger partial charge on any atom is 0.0967 e. The molecule has 1 aliphatic heterocycles. The van der Waals surface area contributed by atoms with E-state index in [0.717, 1.165) is 19.0 Å². The fourth-order valence-electron chi connectivity index (χ4n) is 1.52. The molecule has 12 heavy (non-hydrogen) atoms. The van der Waals surface area contributed by atoms with E-state index in [4.69, 9.17) is 0 Å². The van der Waals surface area contributed by atoms with Crippen molar-refractivity contribution in [2.45, 2.75) is 18.8 Å². The van der Waals surface area contributed by atoms with Gasteiger partial charge in [-0.2, -0.15) is 0 Å². The highest BCUT2D eigenvalue weighted by molar-refractivity contribution is 14.1. The maximum absolute atomic E-state index is 4.42. The van der Waals surface area contributed by atoms with E-state index in [-0.39, 0.29) is 0 Å². The Balaban J connectivity index is 2.08. The normalized spacial score (nSPS) is 19.8. The van der Waals surface area contributed by atoms with E-state index < -0.39 is 0 Å². The number of hydrogen-bond acceptors (Lipinski definition) is 3. The molecule has 0 spiro atoms. The number of hydrogen-bond donors (Lipinski definition) is 1. The number of nitrogens with zero attached hydrogens (tertiary/aromatic N) is 1. The molecular formula is C8H11IN2S. The number of rotatable bonds is 1. The number of thiazole rings is 1. The summed E-state index contributed by atoms with van der Waals surface area (Å²) >= 11 is 4.18. The molecule has 1 aromatic heterocycles. The summed E-state index contributed by atoms with van der Waals surface area (Å²) in [5.74, 6) is 0.722. The van der Waals surface area contributed by atoms with E-state index in [1.807, 2.05) is 17.5 Å². The van der Waals surface area contributed by atoms with Crippen LogP contribution < -0.4 is 5.32 Å². The summed E-state index contributed by atoms with van der Waals surface area (Å²) in [5, 5.41) is 4.70. The first-order valence-corrected chi connectivity index (χ1v) is 6.08. The van der Waals surface area contributed by atoms with Gasteiger partial charge in [-0.1, -0.05) is 0 Å². The van der Waals surface area contributed by atoms with Crippen LogP contribution in [0.25, 0.3) is 0 Å². The molecule has 1 N–H and O–H groups in total. The molecule has 0 radical (unpaired) electrons. The predicted molar refractivity (Wildman–Crippen MR) is 59.7 cm³/mol. The third-order valence-electron chi connectivity index (χ3n) is 2.18. The molecule has 1 saturated heterocycles. The Morgan fingerprint density at radius 2 is 2.25 bits per heavy atom. The maximum atomic E-state index is 4.42. The molecule has 1 aromatic rings. The molecule has 0 amide bonds. The van der Waals surface area contributed by atoms with Crippen molar-refractivity contribution in [2.75, 3.05) is 13.1 Å². The van der Waals surface area contributed by atoms with Crippen LogP contribution >= 0.6 is 33.9 Å². The monoisotopic (exact) mass is 294 g/mol. The van der Waals surface area contributed by atoms with Crippen LogP contribution in [0.4, 0.5) is 0 Å². The molecule has 0 aliphatic carbocycles. The minimum Gasteiger partial charge on any atom is -0.317 e. The Hall–Kier alpha value is 0.320. The summed E-state index contributed by atoms with van der Waals surface area (Å²) in [6, 6.07) is 0. The quantitative estimate of drug-likeness (QED) is 0.803. The zero-order valence-corrected chi connectivity index (χ0v) is 9.69. The van der Waals surface area contributed by atoms with Crippen molar-refractivity contribution in [1.82, 2.24) is 10.3 Å².